The van der Waals surface area contributed by atoms with Crippen molar-refractivity contribution in [1.82, 2.24) is 4.98 Å². The molecular formula is C15H19NO2. The summed E-state index contributed by atoms with van der Waals surface area (Å²) in [5, 5.41) is 11.3. The van der Waals surface area contributed by atoms with Gasteiger partial charge in [-0.1, -0.05) is 0 Å². The Bertz CT molecular complexity index is 645. The van der Waals surface area contributed by atoms with Crippen LogP contribution in [-0.4, -0.2) is 17.2 Å². The molecule has 3 heteroatoms. The smallest absolute Gasteiger partial charge is 0.184 e. The molecule has 0 aliphatic heterocycles. The number of phenols is 1. The molecule has 2 aromatic rings. The number of hydrogen-bond acceptors (Lipinski definition) is 3. The lowest BCUT2D eigenvalue weighted by Gasteiger charge is -2.17. The SMILES string of the molecule is COc1c(C)c(C)c2c(C)c(C)c(C)nc2c1O. The molecule has 3 nitrogen and oxygen atoms in total. The van der Waals surface area contributed by atoms with E-state index < -0.39 is 0 Å². The van der Waals surface area contributed by atoms with Crippen molar-refractivity contribution in [2.75, 3.05) is 7.11 Å². The summed E-state index contributed by atoms with van der Waals surface area (Å²) in [5.41, 5.74) is 6.02. The van der Waals surface area contributed by atoms with Crippen LogP contribution < -0.4 is 4.74 Å². The van der Waals surface area contributed by atoms with Crippen LogP contribution in [0.3, 0.4) is 0 Å². The molecule has 1 aromatic heterocycles. The molecule has 18 heavy (non-hydrogen) atoms. The number of aromatic nitrogens is 1. The van der Waals surface area contributed by atoms with E-state index in [1.54, 1.807) is 7.11 Å². The van der Waals surface area contributed by atoms with E-state index >= 15 is 0 Å². The summed E-state index contributed by atoms with van der Waals surface area (Å²) in [7, 11) is 1.57. The van der Waals surface area contributed by atoms with Crippen LogP contribution in [0.1, 0.15) is 27.9 Å². The van der Waals surface area contributed by atoms with Gasteiger partial charge in [-0.2, -0.15) is 0 Å². The number of hydrogen-bond donors (Lipinski definition) is 1. The second-order valence-electron chi connectivity index (χ2n) is 4.80. The molecule has 0 fully saturated rings. The Balaban J connectivity index is 3.08. The predicted octanol–water partition coefficient (Wildman–Crippen LogP) is 3.49. The highest BCUT2D eigenvalue weighted by molar-refractivity contribution is 5.94. The first kappa shape index (κ1) is 12.7. The Hall–Kier alpha value is -1.77. The molecule has 0 saturated carbocycles. The number of fused-ring (bicyclic) bond motifs is 1. The zero-order valence-electron chi connectivity index (χ0n) is 11.8. The molecule has 1 aromatic carbocycles. The predicted molar refractivity (Wildman–Crippen MR) is 73.6 cm³/mol. The van der Waals surface area contributed by atoms with E-state index in [9.17, 15) is 5.11 Å². The Kier molecular flexibility index (Phi) is 2.93. The molecule has 0 spiro atoms. The molecule has 0 saturated heterocycles. The van der Waals surface area contributed by atoms with Gasteiger partial charge in [-0.15, -0.1) is 0 Å². The molecule has 1 N–H and O–H groups in total. The minimum atomic E-state index is 0.141. The quantitative estimate of drug-likeness (QED) is 0.836. The summed E-state index contributed by atoms with van der Waals surface area (Å²) < 4.78 is 5.28. The lowest BCUT2D eigenvalue weighted by atomic mass is 9.95. The topological polar surface area (TPSA) is 42.4 Å². The molecule has 0 atom stereocenters. The first-order chi connectivity index (χ1) is 8.40. The monoisotopic (exact) mass is 245 g/mol. The molecule has 0 aliphatic carbocycles. The number of benzene rings is 1. The Morgan fingerprint density at radius 3 is 2.00 bits per heavy atom. The lowest BCUT2D eigenvalue weighted by molar-refractivity contribution is 0.373. The average Bonchev–Trinajstić information content (AvgIpc) is 2.34. The average molecular weight is 245 g/mol. The maximum Gasteiger partial charge on any atom is 0.184 e. The Morgan fingerprint density at radius 1 is 0.889 bits per heavy atom. The molecular weight excluding hydrogens is 226 g/mol. The molecule has 1 heterocycles. The molecule has 0 bridgehead atoms. The lowest BCUT2D eigenvalue weighted by Crippen LogP contribution is -2.00. The fourth-order valence-corrected chi connectivity index (χ4v) is 2.47. The van der Waals surface area contributed by atoms with Crippen molar-refractivity contribution < 1.29 is 9.84 Å². The van der Waals surface area contributed by atoms with Gasteiger partial charge < -0.3 is 9.84 Å². The van der Waals surface area contributed by atoms with Crippen LogP contribution in [-0.2, 0) is 0 Å². The van der Waals surface area contributed by atoms with Gasteiger partial charge in [0.15, 0.2) is 11.5 Å². The minimum absolute atomic E-state index is 0.141. The number of aromatic hydroxyl groups is 1. The van der Waals surface area contributed by atoms with Gasteiger partial charge in [0.25, 0.3) is 0 Å². The highest BCUT2D eigenvalue weighted by Gasteiger charge is 2.18. The summed E-state index contributed by atoms with van der Waals surface area (Å²) in [6, 6.07) is 0. The van der Waals surface area contributed by atoms with Crippen molar-refractivity contribution in [3.05, 3.63) is 27.9 Å². The van der Waals surface area contributed by atoms with Crippen molar-refractivity contribution >= 4 is 10.9 Å². The van der Waals surface area contributed by atoms with Crippen LogP contribution in [0.25, 0.3) is 10.9 Å². The maximum absolute atomic E-state index is 10.3. The van der Waals surface area contributed by atoms with Gasteiger partial charge in [0.2, 0.25) is 0 Å². The van der Waals surface area contributed by atoms with Crippen molar-refractivity contribution in [3.8, 4) is 11.5 Å². The van der Waals surface area contributed by atoms with Crippen LogP contribution in [0.4, 0.5) is 0 Å². The third kappa shape index (κ3) is 1.54. The van der Waals surface area contributed by atoms with Gasteiger partial charge in [-0.05, 0) is 56.9 Å². The number of nitrogens with zero attached hydrogens (tertiary/aromatic N) is 1. The molecule has 0 radical (unpaired) electrons. The summed E-state index contributed by atoms with van der Waals surface area (Å²) in [4.78, 5) is 4.52. The van der Waals surface area contributed by atoms with Gasteiger partial charge in [-0.25, -0.2) is 4.98 Å². The highest BCUT2D eigenvalue weighted by Crippen LogP contribution is 2.41. The molecule has 2 rings (SSSR count). The van der Waals surface area contributed by atoms with Crippen LogP contribution in [0.5, 0.6) is 11.5 Å². The summed E-state index contributed by atoms with van der Waals surface area (Å²) in [6.45, 7) is 10.1. The first-order valence-electron chi connectivity index (χ1n) is 6.03. The second kappa shape index (κ2) is 4.16. The van der Waals surface area contributed by atoms with E-state index in [4.69, 9.17) is 4.74 Å². The van der Waals surface area contributed by atoms with E-state index in [2.05, 4.69) is 18.8 Å². The first-order valence-corrected chi connectivity index (χ1v) is 6.03. The summed E-state index contributed by atoms with van der Waals surface area (Å²) in [5.74, 6) is 0.664. The summed E-state index contributed by atoms with van der Waals surface area (Å²) in [6.07, 6.45) is 0. The maximum atomic E-state index is 10.3. The summed E-state index contributed by atoms with van der Waals surface area (Å²) >= 11 is 0. The molecule has 0 unspecified atom stereocenters. The molecule has 96 valence electrons. The number of phenolic OH excluding ortho intramolecular Hbond substituents is 1. The number of methoxy groups -OCH3 is 1. The molecule has 0 amide bonds. The van der Waals surface area contributed by atoms with Crippen molar-refractivity contribution in [2.24, 2.45) is 0 Å². The number of pyridine rings is 1. The van der Waals surface area contributed by atoms with Gasteiger partial charge in [-0.3, -0.25) is 0 Å². The van der Waals surface area contributed by atoms with E-state index in [0.717, 1.165) is 22.2 Å². The fraction of sp³-hybridized carbons (Fsp3) is 0.400. The van der Waals surface area contributed by atoms with Crippen LogP contribution in [0.15, 0.2) is 0 Å². The van der Waals surface area contributed by atoms with E-state index in [0.29, 0.717) is 11.3 Å². The van der Waals surface area contributed by atoms with Crippen molar-refractivity contribution in [1.29, 1.82) is 0 Å². The highest BCUT2D eigenvalue weighted by atomic mass is 16.5. The zero-order valence-corrected chi connectivity index (χ0v) is 11.8. The number of aryl methyl sites for hydroxylation is 3. The number of rotatable bonds is 1. The van der Waals surface area contributed by atoms with E-state index in [1.165, 1.54) is 11.1 Å². The fourth-order valence-electron chi connectivity index (χ4n) is 2.47. The van der Waals surface area contributed by atoms with Crippen molar-refractivity contribution in [2.45, 2.75) is 34.6 Å². The van der Waals surface area contributed by atoms with Crippen molar-refractivity contribution in [3.63, 3.8) is 0 Å². The van der Waals surface area contributed by atoms with E-state index in [1.807, 2.05) is 20.8 Å². The van der Waals surface area contributed by atoms with Gasteiger partial charge in [0.05, 0.1) is 7.11 Å². The third-order valence-electron chi connectivity index (χ3n) is 3.92. The molecule has 0 aliphatic rings. The Morgan fingerprint density at radius 2 is 1.44 bits per heavy atom. The van der Waals surface area contributed by atoms with Crippen LogP contribution >= 0.6 is 0 Å². The standard InChI is InChI=1S/C15H19NO2/c1-7-8(2)12-9(3)10(4)15(18-6)14(17)13(12)16-11(7)5/h17H,1-6H3. The van der Waals surface area contributed by atoms with Gasteiger partial charge in [0.1, 0.15) is 5.52 Å². The largest absolute Gasteiger partial charge is 0.503 e. The minimum Gasteiger partial charge on any atom is -0.503 e. The Labute approximate surface area is 107 Å². The van der Waals surface area contributed by atoms with Gasteiger partial charge in [0, 0.05) is 11.1 Å². The second-order valence-corrected chi connectivity index (χ2v) is 4.80. The van der Waals surface area contributed by atoms with E-state index in [-0.39, 0.29) is 5.75 Å². The zero-order chi connectivity index (χ0) is 13.6. The third-order valence-corrected chi connectivity index (χ3v) is 3.92. The number of ether oxygens (including phenoxy) is 1. The van der Waals surface area contributed by atoms with Crippen LogP contribution in [0, 0.1) is 34.6 Å². The normalized spacial score (nSPS) is 11.0. The van der Waals surface area contributed by atoms with Gasteiger partial charge >= 0.3 is 0 Å². The van der Waals surface area contributed by atoms with Crippen LogP contribution in [0.2, 0.25) is 0 Å².